The molecule has 1 aliphatic rings. The highest BCUT2D eigenvalue weighted by molar-refractivity contribution is 8.01. The fraction of sp³-hybridized carbons (Fsp3) is 0.385. The van der Waals surface area contributed by atoms with Crippen LogP contribution in [0, 0.1) is 0 Å². The standard InChI is InChI=1S/C13H15N3OS2/c1-17-9-4-2-8-3-5-11(12(14)10(8)6-9)18-13-15-7-16-19-13/h2,4,6-7,11-12H,3,5,14H2,1H3. The van der Waals surface area contributed by atoms with E-state index in [4.69, 9.17) is 10.5 Å². The third-order valence-corrected chi connectivity index (χ3v) is 5.52. The number of aromatic nitrogens is 2. The zero-order valence-electron chi connectivity index (χ0n) is 10.6. The highest BCUT2D eigenvalue weighted by atomic mass is 32.2. The number of hydrogen-bond donors (Lipinski definition) is 1. The van der Waals surface area contributed by atoms with E-state index in [0.717, 1.165) is 22.9 Å². The Morgan fingerprint density at radius 2 is 2.37 bits per heavy atom. The lowest BCUT2D eigenvalue weighted by atomic mass is 9.87. The first-order valence-corrected chi connectivity index (χ1v) is 7.79. The van der Waals surface area contributed by atoms with E-state index in [1.165, 1.54) is 22.7 Å². The lowest BCUT2D eigenvalue weighted by molar-refractivity contribution is 0.412. The zero-order chi connectivity index (χ0) is 13.2. The van der Waals surface area contributed by atoms with Crippen LogP contribution in [0.4, 0.5) is 0 Å². The molecule has 1 aromatic heterocycles. The van der Waals surface area contributed by atoms with Crippen molar-refractivity contribution in [3.63, 3.8) is 0 Å². The van der Waals surface area contributed by atoms with Gasteiger partial charge in [0.2, 0.25) is 0 Å². The number of thioether (sulfide) groups is 1. The van der Waals surface area contributed by atoms with Crippen LogP contribution < -0.4 is 10.5 Å². The van der Waals surface area contributed by atoms with Gasteiger partial charge >= 0.3 is 0 Å². The van der Waals surface area contributed by atoms with Crippen LogP contribution in [0.5, 0.6) is 5.75 Å². The van der Waals surface area contributed by atoms with Crippen molar-refractivity contribution in [2.45, 2.75) is 28.5 Å². The second kappa shape index (κ2) is 5.48. The highest BCUT2D eigenvalue weighted by Gasteiger charge is 2.28. The first-order valence-electron chi connectivity index (χ1n) is 6.13. The first kappa shape index (κ1) is 12.9. The average Bonchev–Trinajstić information content (AvgIpc) is 2.95. The number of hydrogen-bond acceptors (Lipinski definition) is 6. The van der Waals surface area contributed by atoms with E-state index >= 15 is 0 Å². The van der Waals surface area contributed by atoms with Crippen LogP contribution in [-0.2, 0) is 6.42 Å². The van der Waals surface area contributed by atoms with Crippen molar-refractivity contribution in [2.75, 3.05) is 7.11 Å². The summed E-state index contributed by atoms with van der Waals surface area (Å²) < 4.78 is 10.3. The average molecular weight is 293 g/mol. The first-order chi connectivity index (χ1) is 9.28. The van der Waals surface area contributed by atoms with Crippen molar-refractivity contribution in [3.05, 3.63) is 35.7 Å². The van der Waals surface area contributed by atoms with Crippen molar-refractivity contribution in [2.24, 2.45) is 5.73 Å². The second-order valence-electron chi connectivity index (χ2n) is 4.49. The van der Waals surface area contributed by atoms with Gasteiger partial charge in [0.25, 0.3) is 0 Å². The van der Waals surface area contributed by atoms with Crippen molar-refractivity contribution < 1.29 is 4.74 Å². The van der Waals surface area contributed by atoms with Crippen LogP contribution in [0.15, 0.2) is 28.9 Å². The van der Waals surface area contributed by atoms with Gasteiger partial charge in [0.15, 0.2) is 4.34 Å². The summed E-state index contributed by atoms with van der Waals surface area (Å²) in [6.45, 7) is 0. The van der Waals surface area contributed by atoms with E-state index in [9.17, 15) is 0 Å². The number of fused-ring (bicyclic) bond motifs is 1. The molecule has 3 rings (SSSR count). The largest absolute Gasteiger partial charge is 0.497 e. The Morgan fingerprint density at radius 1 is 1.47 bits per heavy atom. The number of benzene rings is 1. The highest BCUT2D eigenvalue weighted by Crippen LogP contribution is 2.40. The van der Waals surface area contributed by atoms with Crippen molar-refractivity contribution >= 4 is 23.3 Å². The van der Waals surface area contributed by atoms with Gasteiger partial charge in [0.05, 0.1) is 7.11 Å². The number of methoxy groups -OCH3 is 1. The van der Waals surface area contributed by atoms with E-state index in [1.807, 2.05) is 6.07 Å². The van der Waals surface area contributed by atoms with Crippen LogP contribution in [0.1, 0.15) is 23.6 Å². The molecule has 4 nitrogen and oxygen atoms in total. The summed E-state index contributed by atoms with van der Waals surface area (Å²) >= 11 is 3.16. The lowest BCUT2D eigenvalue weighted by Crippen LogP contribution is -2.29. The van der Waals surface area contributed by atoms with Gasteiger partial charge in [0.1, 0.15) is 12.1 Å². The van der Waals surface area contributed by atoms with Crippen LogP contribution in [0.25, 0.3) is 0 Å². The summed E-state index contributed by atoms with van der Waals surface area (Å²) in [7, 11) is 1.68. The molecule has 1 aromatic carbocycles. The minimum Gasteiger partial charge on any atom is -0.497 e. The fourth-order valence-corrected chi connectivity index (χ4v) is 4.24. The summed E-state index contributed by atoms with van der Waals surface area (Å²) in [5, 5.41) is 0.354. The zero-order valence-corrected chi connectivity index (χ0v) is 12.2. The van der Waals surface area contributed by atoms with Crippen LogP contribution >= 0.6 is 23.3 Å². The number of rotatable bonds is 3. The summed E-state index contributed by atoms with van der Waals surface area (Å²) in [4.78, 5) is 4.22. The molecule has 0 amide bonds. The molecule has 1 heterocycles. The van der Waals surface area contributed by atoms with Crippen molar-refractivity contribution in [1.82, 2.24) is 9.36 Å². The molecule has 0 saturated heterocycles. The SMILES string of the molecule is COc1ccc2c(c1)C(N)C(Sc1ncns1)CC2. The molecule has 0 fully saturated rings. The van der Waals surface area contributed by atoms with Gasteiger partial charge in [-0.05, 0) is 47.6 Å². The molecule has 0 aliphatic heterocycles. The summed E-state index contributed by atoms with van der Waals surface area (Å²) in [6, 6.07) is 6.21. The molecule has 2 N–H and O–H groups in total. The van der Waals surface area contributed by atoms with Crippen molar-refractivity contribution in [1.29, 1.82) is 0 Å². The van der Waals surface area contributed by atoms with E-state index < -0.39 is 0 Å². The molecule has 19 heavy (non-hydrogen) atoms. The third kappa shape index (κ3) is 2.61. The molecule has 0 saturated carbocycles. The number of nitrogens with zero attached hydrogens (tertiary/aromatic N) is 2. The molecule has 2 atom stereocenters. The molecule has 1 aliphatic carbocycles. The van der Waals surface area contributed by atoms with Crippen LogP contribution in [0.3, 0.4) is 0 Å². The Bertz CT molecular complexity index is 559. The Hall–Kier alpha value is -1.11. The van der Waals surface area contributed by atoms with Gasteiger partial charge in [-0.2, -0.15) is 4.37 Å². The molecule has 0 spiro atoms. The number of aryl methyl sites for hydroxylation is 1. The normalized spacial score (nSPS) is 22.0. The van der Waals surface area contributed by atoms with Crippen LogP contribution in [0.2, 0.25) is 0 Å². The lowest BCUT2D eigenvalue weighted by Gasteiger charge is -2.30. The van der Waals surface area contributed by atoms with Crippen LogP contribution in [-0.4, -0.2) is 21.7 Å². The quantitative estimate of drug-likeness (QED) is 0.942. The predicted molar refractivity (Wildman–Crippen MR) is 77.8 cm³/mol. The smallest absolute Gasteiger partial charge is 0.170 e. The summed E-state index contributed by atoms with van der Waals surface area (Å²) in [5.74, 6) is 0.871. The van der Waals surface area contributed by atoms with E-state index in [2.05, 4.69) is 21.5 Å². The van der Waals surface area contributed by atoms with E-state index in [-0.39, 0.29) is 6.04 Å². The molecule has 6 heteroatoms. The predicted octanol–water partition coefficient (Wildman–Crippen LogP) is 2.65. The Balaban J connectivity index is 1.84. The second-order valence-corrected chi connectivity index (χ2v) is 6.76. The maximum Gasteiger partial charge on any atom is 0.170 e. The monoisotopic (exact) mass is 293 g/mol. The maximum absolute atomic E-state index is 6.41. The molecule has 0 bridgehead atoms. The van der Waals surface area contributed by atoms with Gasteiger partial charge in [0, 0.05) is 11.3 Å². The summed E-state index contributed by atoms with van der Waals surface area (Å²) in [6.07, 6.45) is 3.73. The minimum absolute atomic E-state index is 0.0211. The molecule has 0 radical (unpaired) electrons. The topological polar surface area (TPSA) is 61.0 Å². The van der Waals surface area contributed by atoms with Crippen molar-refractivity contribution in [3.8, 4) is 5.75 Å². The van der Waals surface area contributed by atoms with Gasteiger partial charge < -0.3 is 10.5 Å². The van der Waals surface area contributed by atoms with E-state index in [1.54, 1.807) is 25.2 Å². The molecule has 2 unspecified atom stereocenters. The number of nitrogens with two attached hydrogens (primary N) is 1. The number of ether oxygens (including phenoxy) is 1. The minimum atomic E-state index is 0.0211. The molecule has 100 valence electrons. The molecular formula is C13H15N3OS2. The van der Waals surface area contributed by atoms with Gasteiger partial charge in [-0.15, -0.1) is 0 Å². The van der Waals surface area contributed by atoms with E-state index in [0.29, 0.717) is 5.25 Å². The Labute approximate surface area is 120 Å². The Morgan fingerprint density at radius 3 is 3.11 bits per heavy atom. The summed E-state index contributed by atoms with van der Waals surface area (Å²) in [5.41, 5.74) is 8.95. The maximum atomic E-state index is 6.41. The Kier molecular flexibility index (Phi) is 3.72. The fourth-order valence-electron chi connectivity index (χ4n) is 2.39. The van der Waals surface area contributed by atoms with Gasteiger partial charge in [-0.1, -0.05) is 17.8 Å². The molecular weight excluding hydrogens is 278 g/mol. The third-order valence-electron chi connectivity index (χ3n) is 3.40. The van der Waals surface area contributed by atoms with Gasteiger partial charge in [-0.3, -0.25) is 0 Å². The molecule has 2 aromatic rings. The van der Waals surface area contributed by atoms with Gasteiger partial charge in [-0.25, -0.2) is 4.98 Å².